The normalized spacial score (nSPS) is 31.7. The molecule has 1 atom stereocenters. The third kappa shape index (κ3) is 4.19. The molecule has 1 aliphatic heterocycles. The van der Waals surface area contributed by atoms with E-state index in [-0.39, 0.29) is 0 Å². The zero-order valence-electron chi connectivity index (χ0n) is 13.8. The van der Waals surface area contributed by atoms with Gasteiger partial charge in [-0.15, -0.1) is 0 Å². The second kappa shape index (κ2) is 5.73. The highest BCUT2D eigenvalue weighted by Gasteiger charge is 2.41. The second-order valence-corrected chi connectivity index (χ2v) is 8.52. The first-order valence-corrected chi connectivity index (χ1v) is 8.26. The van der Waals surface area contributed by atoms with E-state index < -0.39 is 0 Å². The molecule has 1 saturated heterocycles. The Morgan fingerprint density at radius 2 is 1.74 bits per heavy atom. The minimum Gasteiger partial charge on any atom is -0.317 e. The molecule has 1 N–H and O–H groups in total. The van der Waals surface area contributed by atoms with Gasteiger partial charge in [0.1, 0.15) is 0 Å². The molecule has 1 saturated carbocycles. The van der Waals surface area contributed by atoms with Gasteiger partial charge in [0.15, 0.2) is 0 Å². The molecule has 2 heteroatoms. The summed E-state index contributed by atoms with van der Waals surface area (Å²) in [6.07, 6.45) is 5.56. The van der Waals surface area contributed by atoms with Crippen LogP contribution in [0, 0.1) is 16.7 Å². The maximum Gasteiger partial charge on any atom is 0.0106 e. The van der Waals surface area contributed by atoms with Gasteiger partial charge in [0.2, 0.25) is 0 Å². The first-order valence-electron chi connectivity index (χ1n) is 8.26. The Balaban J connectivity index is 1.91. The van der Waals surface area contributed by atoms with Gasteiger partial charge in [-0.2, -0.15) is 0 Å². The van der Waals surface area contributed by atoms with Crippen molar-refractivity contribution in [3.8, 4) is 0 Å². The van der Waals surface area contributed by atoms with E-state index in [1.807, 2.05) is 0 Å². The minimum atomic E-state index is 0.520. The lowest BCUT2D eigenvalue weighted by Gasteiger charge is -2.48. The Hall–Kier alpha value is -0.0800. The lowest BCUT2D eigenvalue weighted by Crippen LogP contribution is -2.45. The summed E-state index contributed by atoms with van der Waals surface area (Å²) in [6.45, 7) is 17.0. The average Bonchev–Trinajstić information content (AvgIpc) is 2.70. The smallest absolute Gasteiger partial charge is 0.0106 e. The van der Waals surface area contributed by atoms with Crippen LogP contribution in [0.1, 0.15) is 60.3 Å². The molecule has 0 aromatic carbocycles. The molecule has 112 valence electrons. The average molecular weight is 266 g/mol. The molecule has 2 fully saturated rings. The number of nitrogens with zero attached hydrogens (tertiary/aromatic N) is 1. The first kappa shape index (κ1) is 15.3. The Bertz CT molecular complexity index is 280. The fourth-order valence-electron chi connectivity index (χ4n) is 4.76. The van der Waals surface area contributed by atoms with Crippen LogP contribution >= 0.6 is 0 Å². The van der Waals surface area contributed by atoms with E-state index in [2.05, 4.69) is 44.8 Å². The van der Waals surface area contributed by atoms with Crippen LogP contribution in [0.25, 0.3) is 0 Å². The molecule has 0 aromatic heterocycles. The highest BCUT2D eigenvalue weighted by molar-refractivity contribution is 4.95. The maximum atomic E-state index is 3.52. The third-order valence-electron chi connectivity index (χ3n) is 5.05. The van der Waals surface area contributed by atoms with Crippen LogP contribution in [0.3, 0.4) is 0 Å². The van der Waals surface area contributed by atoms with Gasteiger partial charge in [-0.3, -0.25) is 0 Å². The Labute approximate surface area is 120 Å². The van der Waals surface area contributed by atoms with Crippen LogP contribution in [-0.4, -0.2) is 37.1 Å². The van der Waals surface area contributed by atoms with Crippen LogP contribution in [0.4, 0.5) is 0 Å². The standard InChI is InChI=1S/C17H34N2/c1-6-18-11-14-7-8-19(12-14)15-9-16(2,3)13-17(4,5)10-15/h14-15,18H,6-13H2,1-5H3. The molecule has 2 nitrogen and oxygen atoms in total. The van der Waals surface area contributed by atoms with Gasteiger partial charge in [-0.25, -0.2) is 0 Å². The second-order valence-electron chi connectivity index (χ2n) is 8.52. The van der Waals surface area contributed by atoms with Crippen molar-refractivity contribution in [2.45, 2.75) is 66.3 Å². The van der Waals surface area contributed by atoms with Crippen LogP contribution < -0.4 is 5.32 Å². The van der Waals surface area contributed by atoms with Crippen molar-refractivity contribution in [1.82, 2.24) is 10.2 Å². The molecule has 19 heavy (non-hydrogen) atoms. The van der Waals surface area contributed by atoms with E-state index in [4.69, 9.17) is 0 Å². The first-order chi connectivity index (χ1) is 8.81. The van der Waals surface area contributed by atoms with Gasteiger partial charge in [0.25, 0.3) is 0 Å². The molecule has 2 rings (SSSR count). The third-order valence-corrected chi connectivity index (χ3v) is 5.05. The zero-order valence-corrected chi connectivity index (χ0v) is 13.8. The predicted molar refractivity (Wildman–Crippen MR) is 83.4 cm³/mol. The SMILES string of the molecule is CCNCC1CCN(C2CC(C)(C)CC(C)(C)C2)C1. The Kier molecular flexibility index (Phi) is 4.62. The fourth-order valence-corrected chi connectivity index (χ4v) is 4.76. The largest absolute Gasteiger partial charge is 0.317 e. The molecular weight excluding hydrogens is 232 g/mol. The summed E-state index contributed by atoms with van der Waals surface area (Å²) in [5.74, 6) is 0.883. The summed E-state index contributed by atoms with van der Waals surface area (Å²) < 4.78 is 0. The molecule has 0 amide bonds. The molecule has 0 radical (unpaired) electrons. The maximum absolute atomic E-state index is 3.52. The number of hydrogen-bond donors (Lipinski definition) is 1. The number of likely N-dealkylation sites (tertiary alicyclic amines) is 1. The Morgan fingerprint density at radius 3 is 2.32 bits per heavy atom. The van der Waals surface area contributed by atoms with Gasteiger partial charge in [-0.05, 0) is 62.1 Å². The summed E-state index contributed by atoms with van der Waals surface area (Å²) >= 11 is 0. The molecule has 1 unspecified atom stereocenters. The monoisotopic (exact) mass is 266 g/mol. The van der Waals surface area contributed by atoms with E-state index in [1.54, 1.807) is 0 Å². The van der Waals surface area contributed by atoms with E-state index in [9.17, 15) is 0 Å². The molecule has 0 bridgehead atoms. The lowest BCUT2D eigenvalue weighted by atomic mass is 9.63. The van der Waals surface area contributed by atoms with Crippen molar-refractivity contribution in [2.75, 3.05) is 26.2 Å². The molecule has 2 aliphatic rings. The van der Waals surface area contributed by atoms with Gasteiger partial charge in [0.05, 0.1) is 0 Å². The molecule has 1 heterocycles. The lowest BCUT2D eigenvalue weighted by molar-refractivity contribution is 0.0330. The molecule has 1 aliphatic carbocycles. The Morgan fingerprint density at radius 1 is 1.11 bits per heavy atom. The summed E-state index contributed by atoms with van der Waals surface area (Å²) in [5.41, 5.74) is 1.04. The highest BCUT2D eigenvalue weighted by Crippen LogP contribution is 2.47. The fraction of sp³-hybridized carbons (Fsp3) is 1.00. The molecule has 0 aromatic rings. The van der Waals surface area contributed by atoms with Gasteiger partial charge in [-0.1, -0.05) is 34.6 Å². The van der Waals surface area contributed by atoms with E-state index in [0.717, 1.165) is 18.5 Å². The summed E-state index contributed by atoms with van der Waals surface area (Å²) in [7, 11) is 0. The van der Waals surface area contributed by atoms with E-state index in [0.29, 0.717) is 10.8 Å². The summed E-state index contributed by atoms with van der Waals surface area (Å²) in [5, 5.41) is 3.52. The quantitative estimate of drug-likeness (QED) is 0.837. The van der Waals surface area contributed by atoms with Crippen LogP contribution in [0.2, 0.25) is 0 Å². The topological polar surface area (TPSA) is 15.3 Å². The van der Waals surface area contributed by atoms with Crippen molar-refractivity contribution < 1.29 is 0 Å². The van der Waals surface area contributed by atoms with Crippen molar-refractivity contribution in [3.63, 3.8) is 0 Å². The van der Waals surface area contributed by atoms with Crippen LogP contribution in [0.5, 0.6) is 0 Å². The van der Waals surface area contributed by atoms with Crippen LogP contribution in [-0.2, 0) is 0 Å². The highest BCUT2D eigenvalue weighted by atomic mass is 15.2. The molecule has 0 spiro atoms. The van der Waals surface area contributed by atoms with Gasteiger partial charge in [0, 0.05) is 12.6 Å². The number of rotatable bonds is 4. The van der Waals surface area contributed by atoms with Crippen LogP contribution in [0.15, 0.2) is 0 Å². The zero-order chi connectivity index (χ0) is 14.1. The molecular formula is C17H34N2. The van der Waals surface area contributed by atoms with Gasteiger partial charge >= 0.3 is 0 Å². The summed E-state index contributed by atoms with van der Waals surface area (Å²) in [6, 6.07) is 0.824. The van der Waals surface area contributed by atoms with E-state index >= 15 is 0 Å². The van der Waals surface area contributed by atoms with E-state index in [1.165, 1.54) is 45.3 Å². The number of nitrogens with one attached hydrogen (secondary N) is 1. The number of hydrogen-bond acceptors (Lipinski definition) is 2. The van der Waals surface area contributed by atoms with Crippen molar-refractivity contribution in [3.05, 3.63) is 0 Å². The summed E-state index contributed by atoms with van der Waals surface area (Å²) in [4.78, 5) is 2.80. The van der Waals surface area contributed by atoms with Crippen molar-refractivity contribution >= 4 is 0 Å². The minimum absolute atomic E-state index is 0.520. The van der Waals surface area contributed by atoms with Crippen molar-refractivity contribution in [1.29, 1.82) is 0 Å². The predicted octanol–water partition coefficient (Wildman–Crippen LogP) is 3.52. The van der Waals surface area contributed by atoms with Gasteiger partial charge < -0.3 is 10.2 Å². The van der Waals surface area contributed by atoms with Crippen molar-refractivity contribution in [2.24, 2.45) is 16.7 Å².